The van der Waals surface area contributed by atoms with Gasteiger partial charge in [0.2, 0.25) is 21.7 Å². The van der Waals surface area contributed by atoms with Crippen LogP contribution in [0.15, 0.2) is 77.8 Å². The minimum atomic E-state index is -5.34. The van der Waals surface area contributed by atoms with Crippen LogP contribution in [0.2, 0.25) is 0 Å². The van der Waals surface area contributed by atoms with E-state index >= 15 is 0 Å². The maximum atomic E-state index is 14.7. The summed E-state index contributed by atoms with van der Waals surface area (Å²) in [6, 6.07) is 18.4. The lowest BCUT2D eigenvalue weighted by molar-refractivity contribution is -0.125. The fourth-order valence-electron chi connectivity index (χ4n) is 6.74. The molecule has 0 spiro atoms. The highest BCUT2D eigenvalue weighted by Crippen LogP contribution is 2.36. The molecular formula is C36H32F5N7O3S. The standard InChI is InChI=1S/C36H32F5N7O3S/c37-29-30(38)32(40)34(33(41)31(29)39)52(50,51)48-18-17-28(48)36(49)46(21-26-14-11-25(19-42-26)23-9-5-2-6-10-23)27-15-12-24(13-16-27)35-43-44-45-47(35)20-22-7-3-1-4-8-22/h1,3-4,7-8,11-16,19,23,28H,2,5-6,9-10,17-18,20-21H2/t28-/m1/s1. The Morgan fingerprint density at radius 1 is 0.808 bits per heavy atom. The zero-order valence-electron chi connectivity index (χ0n) is 27.6. The molecule has 0 radical (unpaired) electrons. The molecule has 10 nitrogen and oxygen atoms in total. The maximum Gasteiger partial charge on any atom is 0.249 e. The first-order valence-corrected chi connectivity index (χ1v) is 18.2. The minimum absolute atomic E-state index is 0.0651. The second kappa shape index (κ2) is 14.5. The van der Waals surface area contributed by atoms with Crippen LogP contribution in [0.5, 0.6) is 0 Å². The topological polar surface area (TPSA) is 114 Å². The highest BCUT2D eigenvalue weighted by molar-refractivity contribution is 7.89. The van der Waals surface area contributed by atoms with Crippen molar-refractivity contribution in [1.29, 1.82) is 0 Å². The van der Waals surface area contributed by atoms with Crippen molar-refractivity contribution < 1.29 is 35.2 Å². The van der Waals surface area contributed by atoms with Crippen LogP contribution in [0.1, 0.15) is 61.3 Å². The molecule has 2 aliphatic rings. The molecule has 1 atom stereocenters. The number of amides is 1. The molecule has 0 unspecified atom stereocenters. The number of nitrogens with zero attached hydrogens (tertiary/aromatic N) is 7. The highest BCUT2D eigenvalue weighted by Gasteiger charge is 2.48. The summed E-state index contributed by atoms with van der Waals surface area (Å²) in [6.07, 6.45) is 7.28. The van der Waals surface area contributed by atoms with Gasteiger partial charge in [-0.1, -0.05) is 55.7 Å². The number of hydrogen-bond donors (Lipinski definition) is 0. The third-order valence-corrected chi connectivity index (χ3v) is 11.6. The number of carbonyl (C=O) groups is 1. The Hall–Kier alpha value is -5.09. The fourth-order valence-corrected chi connectivity index (χ4v) is 8.48. The molecule has 2 aromatic heterocycles. The number of rotatable bonds is 10. The van der Waals surface area contributed by atoms with Crippen molar-refractivity contribution in [3.05, 3.63) is 119 Å². The highest BCUT2D eigenvalue weighted by atomic mass is 32.2. The van der Waals surface area contributed by atoms with E-state index in [2.05, 4.69) is 20.5 Å². The van der Waals surface area contributed by atoms with Gasteiger partial charge in [0.15, 0.2) is 34.0 Å². The fraction of sp³-hybridized carbons (Fsp3) is 0.306. The van der Waals surface area contributed by atoms with E-state index in [1.165, 1.54) is 11.3 Å². The number of sulfonamides is 1. The van der Waals surface area contributed by atoms with Crippen LogP contribution in [0, 0.1) is 29.1 Å². The van der Waals surface area contributed by atoms with Gasteiger partial charge in [0, 0.05) is 24.0 Å². The smallest absolute Gasteiger partial charge is 0.249 e. The summed E-state index contributed by atoms with van der Waals surface area (Å²) >= 11 is 0. The van der Waals surface area contributed by atoms with Crippen molar-refractivity contribution in [2.45, 2.75) is 68.5 Å². The van der Waals surface area contributed by atoms with Crippen LogP contribution in [-0.4, -0.2) is 56.4 Å². The average molecular weight is 738 g/mol. The summed E-state index contributed by atoms with van der Waals surface area (Å²) in [4.78, 5) is 18.1. The minimum Gasteiger partial charge on any atom is -0.305 e. The number of carbonyl (C=O) groups excluding carboxylic acids is 1. The predicted octanol–water partition coefficient (Wildman–Crippen LogP) is 6.52. The van der Waals surface area contributed by atoms with Crippen molar-refractivity contribution >= 4 is 21.6 Å². The van der Waals surface area contributed by atoms with E-state index in [0.717, 1.165) is 36.8 Å². The molecule has 0 bridgehead atoms. The van der Waals surface area contributed by atoms with Crippen LogP contribution in [0.3, 0.4) is 0 Å². The van der Waals surface area contributed by atoms with E-state index in [0.29, 0.717) is 39.5 Å². The number of pyridine rings is 1. The van der Waals surface area contributed by atoms with E-state index in [9.17, 15) is 35.2 Å². The van der Waals surface area contributed by atoms with Gasteiger partial charge in [0.1, 0.15) is 6.04 Å². The number of anilines is 1. The van der Waals surface area contributed by atoms with Gasteiger partial charge >= 0.3 is 0 Å². The molecule has 0 N–H and O–H groups in total. The maximum absolute atomic E-state index is 14.7. The molecule has 1 aliphatic heterocycles. The van der Waals surface area contributed by atoms with Gasteiger partial charge in [-0.15, -0.1) is 5.10 Å². The van der Waals surface area contributed by atoms with Crippen molar-refractivity contribution in [3.8, 4) is 11.4 Å². The Morgan fingerprint density at radius 3 is 2.10 bits per heavy atom. The molecule has 16 heteroatoms. The first-order valence-electron chi connectivity index (χ1n) is 16.7. The third-order valence-electron chi connectivity index (χ3n) is 9.65. The number of halogens is 5. The average Bonchev–Trinajstić information content (AvgIpc) is 3.60. The Morgan fingerprint density at radius 2 is 1.48 bits per heavy atom. The molecule has 7 rings (SSSR count). The van der Waals surface area contributed by atoms with Crippen LogP contribution in [-0.2, 0) is 27.9 Å². The molecule has 1 saturated carbocycles. The number of tetrazole rings is 1. The molecule has 1 aliphatic carbocycles. The Kier molecular flexibility index (Phi) is 9.85. The van der Waals surface area contributed by atoms with Gasteiger partial charge in [0.25, 0.3) is 0 Å². The lowest BCUT2D eigenvalue weighted by atomic mass is 9.85. The molecule has 1 saturated heterocycles. The monoisotopic (exact) mass is 737 g/mol. The molecule has 270 valence electrons. The van der Waals surface area contributed by atoms with Gasteiger partial charge in [-0.25, -0.2) is 35.1 Å². The van der Waals surface area contributed by atoms with Gasteiger partial charge in [-0.3, -0.25) is 9.78 Å². The summed E-state index contributed by atoms with van der Waals surface area (Å²) in [7, 11) is -5.34. The van der Waals surface area contributed by atoms with Crippen LogP contribution in [0.25, 0.3) is 11.4 Å². The zero-order chi connectivity index (χ0) is 36.6. The molecule has 2 fully saturated rings. The van der Waals surface area contributed by atoms with E-state index in [-0.39, 0.29) is 19.5 Å². The second-order valence-corrected chi connectivity index (χ2v) is 14.7. The van der Waals surface area contributed by atoms with Crippen LogP contribution in [0.4, 0.5) is 27.6 Å². The van der Waals surface area contributed by atoms with E-state index in [1.807, 2.05) is 36.4 Å². The second-order valence-electron chi connectivity index (χ2n) is 12.9. The first-order chi connectivity index (χ1) is 25.0. The van der Waals surface area contributed by atoms with Crippen molar-refractivity contribution in [2.75, 3.05) is 11.4 Å². The predicted molar refractivity (Wildman–Crippen MR) is 179 cm³/mol. The quantitative estimate of drug-likeness (QED) is 0.0911. The summed E-state index contributed by atoms with van der Waals surface area (Å²) in [5.41, 5.74) is 3.48. The molecule has 3 heterocycles. The number of aromatic nitrogens is 5. The lowest BCUT2D eigenvalue weighted by Crippen LogP contribution is -2.59. The molecule has 52 heavy (non-hydrogen) atoms. The summed E-state index contributed by atoms with van der Waals surface area (Å²) in [6.45, 7) is -0.0989. The largest absolute Gasteiger partial charge is 0.305 e. The lowest BCUT2D eigenvalue weighted by Gasteiger charge is -2.41. The third kappa shape index (κ3) is 6.67. The summed E-state index contributed by atoms with van der Waals surface area (Å²) in [5, 5.41) is 12.1. The van der Waals surface area contributed by atoms with Gasteiger partial charge in [-0.2, -0.15) is 4.31 Å². The molecule has 1 amide bonds. The Balaban J connectivity index is 1.20. The van der Waals surface area contributed by atoms with Crippen LogP contribution < -0.4 is 4.90 Å². The van der Waals surface area contributed by atoms with E-state index in [4.69, 9.17) is 0 Å². The number of hydrogen-bond acceptors (Lipinski definition) is 7. The van der Waals surface area contributed by atoms with Gasteiger partial charge in [-0.05, 0) is 77.1 Å². The number of benzene rings is 3. The normalized spacial score (nSPS) is 16.8. The van der Waals surface area contributed by atoms with Crippen molar-refractivity contribution in [1.82, 2.24) is 29.5 Å². The van der Waals surface area contributed by atoms with Crippen molar-refractivity contribution in [3.63, 3.8) is 0 Å². The molecule has 5 aromatic rings. The van der Waals surface area contributed by atoms with Gasteiger partial charge < -0.3 is 4.90 Å². The molecular weight excluding hydrogens is 705 g/mol. The van der Waals surface area contributed by atoms with Crippen molar-refractivity contribution in [2.24, 2.45) is 0 Å². The van der Waals surface area contributed by atoms with E-state index < -0.39 is 56.0 Å². The van der Waals surface area contributed by atoms with E-state index in [1.54, 1.807) is 41.2 Å². The summed E-state index contributed by atoms with van der Waals surface area (Å²) < 4.78 is 100. The van der Waals surface area contributed by atoms with Gasteiger partial charge in [0.05, 0.1) is 18.8 Å². The Bertz CT molecular complexity index is 2170. The Labute approximate surface area is 296 Å². The first kappa shape index (κ1) is 35.3. The zero-order valence-corrected chi connectivity index (χ0v) is 28.4. The van der Waals surface area contributed by atoms with Crippen LogP contribution >= 0.6 is 0 Å². The SMILES string of the molecule is O=C([C@H]1CCN1S(=O)(=O)c1c(F)c(F)c(F)c(F)c1F)N(Cc1ccc(C2CCCCC2)cn1)c1ccc(-c2nnnn2Cc2ccccc2)cc1. The molecule has 3 aromatic carbocycles. The summed E-state index contributed by atoms with van der Waals surface area (Å²) in [5.74, 6) is -12.2.